The second kappa shape index (κ2) is 7.57. The first-order chi connectivity index (χ1) is 10.3. The maximum Gasteiger partial charge on any atom is 0.279 e. The van der Waals surface area contributed by atoms with Gasteiger partial charge in [-0.25, -0.2) is 4.72 Å². The Morgan fingerprint density at radius 2 is 1.82 bits per heavy atom. The molecule has 0 spiro atoms. The second-order valence-electron chi connectivity index (χ2n) is 7.02. The van der Waals surface area contributed by atoms with Gasteiger partial charge in [-0.05, 0) is 39.5 Å². The van der Waals surface area contributed by atoms with E-state index in [1.165, 1.54) is 0 Å². The molecule has 0 amide bonds. The van der Waals surface area contributed by atoms with Crippen LogP contribution in [0.1, 0.15) is 40.5 Å². The average molecular weight is 333 g/mol. The summed E-state index contributed by atoms with van der Waals surface area (Å²) in [6, 6.07) is 0.172. The number of nitrogens with one attached hydrogen (secondary N) is 1. The zero-order valence-corrected chi connectivity index (χ0v) is 15.1. The Labute approximate surface area is 135 Å². The van der Waals surface area contributed by atoms with Crippen LogP contribution >= 0.6 is 0 Å². The van der Waals surface area contributed by atoms with Crippen LogP contribution in [-0.4, -0.2) is 68.6 Å². The van der Waals surface area contributed by atoms with Crippen LogP contribution in [0, 0.1) is 5.92 Å². The fourth-order valence-corrected chi connectivity index (χ4v) is 4.84. The van der Waals surface area contributed by atoms with E-state index in [2.05, 4.69) is 37.3 Å². The highest BCUT2D eigenvalue weighted by Crippen LogP contribution is 2.18. The molecular weight excluding hydrogens is 302 g/mol. The largest absolute Gasteiger partial charge is 0.373 e. The third-order valence-corrected chi connectivity index (χ3v) is 6.13. The number of piperidine rings is 1. The van der Waals surface area contributed by atoms with Crippen molar-refractivity contribution in [2.45, 2.75) is 58.8 Å². The molecule has 0 aromatic carbocycles. The molecule has 2 aliphatic heterocycles. The van der Waals surface area contributed by atoms with Crippen molar-refractivity contribution < 1.29 is 13.2 Å². The first kappa shape index (κ1) is 18.1. The Kier molecular flexibility index (Phi) is 6.24. The number of nitrogens with zero attached hydrogens (tertiary/aromatic N) is 2. The predicted octanol–water partition coefficient (Wildman–Crippen LogP) is 1.05. The summed E-state index contributed by atoms with van der Waals surface area (Å²) >= 11 is 0. The first-order valence-electron chi connectivity index (χ1n) is 8.42. The summed E-state index contributed by atoms with van der Waals surface area (Å²) in [5.41, 5.74) is 0. The van der Waals surface area contributed by atoms with Crippen molar-refractivity contribution in [1.29, 1.82) is 0 Å². The maximum absolute atomic E-state index is 12.4. The lowest BCUT2D eigenvalue weighted by atomic mass is 10.0. The van der Waals surface area contributed by atoms with E-state index in [1.54, 1.807) is 4.31 Å². The van der Waals surface area contributed by atoms with E-state index in [9.17, 15) is 8.42 Å². The van der Waals surface area contributed by atoms with Gasteiger partial charge in [-0.1, -0.05) is 6.92 Å². The van der Waals surface area contributed by atoms with Crippen LogP contribution in [0.3, 0.4) is 0 Å². The number of rotatable bonds is 5. The molecule has 2 saturated heterocycles. The second-order valence-corrected chi connectivity index (χ2v) is 8.77. The quantitative estimate of drug-likeness (QED) is 0.817. The van der Waals surface area contributed by atoms with Gasteiger partial charge in [0.05, 0.1) is 12.2 Å². The van der Waals surface area contributed by atoms with Crippen LogP contribution < -0.4 is 4.72 Å². The molecule has 2 aliphatic rings. The van der Waals surface area contributed by atoms with Crippen molar-refractivity contribution in [3.05, 3.63) is 0 Å². The maximum atomic E-state index is 12.4. The zero-order valence-electron chi connectivity index (χ0n) is 14.3. The lowest BCUT2D eigenvalue weighted by Gasteiger charge is -2.39. The fraction of sp³-hybridized carbons (Fsp3) is 1.00. The monoisotopic (exact) mass is 333 g/mol. The molecule has 1 N–H and O–H groups in total. The molecule has 0 radical (unpaired) electrons. The van der Waals surface area contributed by atoms with Gasteiger partial charge < -0.3 is 4.74 Å². The highest BCUT2D eigenvalue weighted by atomic mass is 32.2. The molecular formula is C15H31N3O3S. The molecule has 6 nitrogen and oxygen atoms in total. The minimum atomic E-state index is -3.35. The van der Waals surface area contributed by atoms with E-state index in [0.717, 1.165) is 25.9 Å². The molecule has 0 unspecified atom stereocenters. The molecule has 0 aliphatic carbocycles. The molecule has 0 aromatic heterocycles. The summed E-state index contributed by atoms with van der Waals surface area (Å²) in [5.74, 6) is 0.448. The summed E-state index contributed by atoms with van der Waals surface area (Å²) in [6.45, 7) is 11.7. The highest BCUT2D eigenvalue weighted by Gasteiger charge is 2.29. The Morgan fingerprint density at radius 1 is 1.18 bits per heavy atom. The van der Waals surface area contributed by atoms with Gasteiger partial charge in [0, 0.05) is 38.8 Å². The van der Waals surface area contributed by atoms with Crippen LogP contribution in [0.25, 0.3) is 0 Å². The zero-order chi connectivity index (χ0) is 16.3. The third-order valence-electron chi connectivity index (χ3n) is 4.59. The molecule has 22 heavy (non-hydrogen) atoms. The smallest absolute Gasteiger partial charge is 0.279 e. The lowest BCUT2D eigenvalue weighted by molar-refractivity contribution is -0.0776. The normalized spacial score (nSPS) is 33.7. The van der Waals surface area contributed by atoms with Gasteiger partial charge in [0.1, 0.15) is 0 Å². The van der Waals surface area contributed by atoms with E-state index in [0.29, 0.717) is 25.6 Å². The van der Waals surface area contributed by atoms with Crippen molar-refractivity contribution in [3.63, 3.8) is 0 Å². The Morgan fingerprint density at radius 3 is 2.41 bits per heavy atom. The average Bonchev–Trinajstić information content (AvgIpc) is 2.44. The summed E-state index contributed by atoms with van der Waals surface area (Å²) in [6.07, 6.45) is 2.47. The summed E-state index contributed by atoms with van der Waals surface area (Å²) in [4.78, 5) is 2.31. The topological polar surface area (TPSA) is 61.9 Å². The molecule has 2 heterocycles. The van der Waals surface area contributed by atoms with Crippen molar-refractivity contribution in [2.24, 2.45) is 5.92 Å². The fourth-order valence-electron chi connectivity index (χ4n) is 3.39. The summed E-state index contributed by atoms with van der Waals surface area (Å²) < 4.78 is 35.0. The van der Waals surface area contributed by atoms with Gasteiger partial charge in [0.15, 0.2) is 0 Å². The van der Waals surface area contributed by atoms with Gasteiger partial charge in [0.2, 0.25) is 0 Å². The standard InChI is InChI=1S/C15H31N3O3S/c1-12-6-5-7-18(9-12)22(19,20)16-8-13(2)17-10-14(3)21-15(4)11-17/h12-16H,5-11H2,1-4H3/t12-,13-,14-,15+/m1/s1. The molecule has 2 fully saturated rings. The van der Waals surface area contributed by atoms with Crippen molar-refractivity contribution in [3.8, 4) is 0 Å². The highest BCUT2D eigenvalue weighted by molar-refractivity contribution is 7.87. The predicted molar refractivity (Wildman–Crippen MR) is 87.9 cm³/mol. The van der Waals surface area contributed by atoms with Gasteiger partial charge >= 0.3 is 0 Å². The van der Waals surface area contributed by atoms with Crippen molar-refractivity contribution in [1.82, 2.24) is 13.9 Å². The molecule has 7 heteroatoms. The molecule has 0 bridgehead atoms. The molecule has 2 rings (SSSR count). The van der Waals surface area contributed by atoms with Crippen LogP contribution in [0.15, 0.2) is 0 Å². The SMILES string of the molecule is C[C@@H]1CCCN(S(=O)(=O)NC[C@@H](C)N2C[C@@H](C)O[C@@H](C)C2)C1. The minimum absolute atomic E-state index is 0.172. The van der Waals surface area contributed by atoms with Gasteiger partial charge in [-0.2, -0.15) is 12.7 Å². The van der Waals surface area contributed by atoms with Gasteiger partial charge in [-0.3, -0.25) is 4.90 Å². The van der Waals surface area contributed by atoms with Crippen molar-refractivity contribution >= 4 is 10.2 Å². The van der Waals surface area contributed by atoms with Crippen LogP contribution in [0.4, 0.5) is 0 Å². The summed E-state index contributed by atoms with van der Waals surface area (Å²) in [7, 11) is -3.35. The first-order valence-corrected chi connectivity index (χ1v) is 9.86. The molecule has 0 aromatic rings. The van der Waals surface area contributed by atoms with Crippen LogP contribution in [-0.2, 0) is 14.9 Å². The number of hydrogen-bond acceptors (Lipinski definition) is 4. The third kappa shape index (κ3) is 4.89. The lowest BCUT2D eigenvalue weighted by Crippen LogP contribution is -2.54. The van der Waals surface area contributed by atoms with E-state index in [-0.39, 0.29) is 18.2 Å². The van der Waals surface area contributed by atoms with Crippen LogP contribution in [0.2, 0.25) is 0 Å². The van der Waals surface area contributed by atoms with Crippen molar-refractivity contribution in [2.75, 3.05) is 32.7 Å². The van der Waals surface area contributed by atoms with E-state index in [1.807, 2.05) is 0 Å². The van der Waals surface area contributed by atoms with Gasteiger partial charge in [-0.15, -0.1) is 0 Å². The Hall–Kier alpha value is -0.210. The van der Waals surface area contributed by atoms with E-state index >= 15 is 0 Å². The van der Waals surface area contributed by atoms with Crippen LogP contribution in [0.5, 0.6) is 0 Å². The molecule has 0 saturated carbocycles. The number of hydrogen-bond donors (Lipinski definition) is 1. The number of morpholine rings is 1. The minimum Gasteiger partial charge on any atom is -0.373 e. The van der Waals surface area contributed by atoms with Gasteiger partial charge in [0.25, 0.3) is 10.2 Å². The molecule has 130 valence electrons. The number of ether oxygens (including phenoxy) is 1. The van der Waals surface area contributed by atoms with E-state index in [4.69, 9.17) is 4.74 Å². The summed E-state index contributed by atoms with van der Waals surface area (Å²) in [5, 5.41) is 0. The Balaban J connectivity index is 1.85. The van der Waals surface area contributed by atoms with E-state index < -0.39 is 10.2 Å². The Bertz CT molecular complexity index is 447. The molecule has 4 atom stereocenters.